The zero-order valence-electron chi connectivity index (χ0n) is 10.0. The van der Waals surface area contributed by atoms with Gasteiger partial charge in [-0.05, 0) is 31.0 Å². The van der Waals surface area contributed by atoms with Crippen LogP contribution in [0, 0.1) is 12.8 Å². The molecule has 1 aliphatic rings. The van der Waals surface area contributed by atoms with Crippen molar-refractivity contribution in [1.29, 1.82) is 0 Å². The Labute approximate surface area is 101 Å². The van der Waals surface area contributed by atoms with Crippen LogP contribution in [0.2, 0.25) is 0 Å². The van der Waals surface area contributed by atoms with Crippen LogP contribution in [0.25, 0.3) is 0 Å². The largest absolute Gasteiger partial charge is 0.399 e. The highest BCUT2D eigenvalue weighted by Gasteiger charge is 2.17. The minimum atomic E-state index is -0.0540. The van der Waals surface area contributed by atoms with E-state index in [4.69, 9.17) is 10.5 Å². The number of hydrogen-bond donors (Lipinski definition) is 2. The fourth-order valence-corrected chi connectivity index (χ4v) is 1.96. The predicted octanol–water partition coefficient (Wildman–Crippen LogP) is 1.34. The second-order valence-corrected chi connectivity index (χ2v) is 4.51. The summed E-state index contributed by atoms with van der Waals surface area (Å²) in [5, 5.41) is 2.93. The molecule has 17 heavy (non-hydrogen) atoms. The Bertz CT molecular complexity index is 412. The topological polar surface area (TPSA) is 64.4 Å². The first kappa shape index (κ1) is 11.9. The summed E-state index contributed by atoms with van der Waals surface area (Å²) < 4.78 is 5.27. The van der Waals surface area contributed by atoms with Gasteiger partial charge in [0.1, 0.15) is 0 Å². The fraction of sp³-hybridized carbons (Fsp3) is 0.462. The SMILES string of the molecule is Cc1ccc(N)cc1C(=O)NCC1CCOC1. The molecule has 0 aromatic heterocycles. The molecule has 1 saturated heterocycles. The third kappa shape index (κ3) is 2.97. The number of ether oxygens (including phenoxy) is 1. The van der Waals surface area contributed by atoms with Gasteiger partial charge >= 0.3 is 0 Å². The van der Waals surface area contributed by atoms with Crippen molar-refractivity contribution >= 4 is 11.6 Å². The number of benzene rings is 1. The van der Waals surface area contributed by atoms with E-state index in [0.29, 0.717) is 23.7 Å². The van der Waals surface area contributed by atoms with Gasteiger partial charge in [0, 0.05) is 30.3 Å². The molecular formula is C13H18N2O2. The number of nitrogens with two attached hydrogens (primary N) is 1. The summed E-state index contributed by atoms with van der Waals surface area (Å²) in [6.07, 6.45) is 1.02. The molecule has 0 saturated carbocycles. The Kier molecular flexibility index (Phi) is 3.64. The van der Waals surface area contributed by atoms with Crippen molar-refractivity contribution in [3.63, 3.8) is 0 Å². The predicted molar refractivity (Wildman–Crippen MR) is 66.9 cm³/mol. The van der Waals surface area contributed by atoms with Crippen LogP contribution in [0.4, 0.5) is 5.69 Å². The van der Waals surface area contributed by atoms with Crippen LogP contribution in [-0.2, 0) is 4.74 Å². The summed E-state index contributed by atoms with van der Waals surface area (Å²) in [6.45, 7) is 4.13. The van der Waals surface area contributed by atoms with Gasteiger partial charge in [-0.2, -0.15) is 0 Å². The lowest BCUT2D eigenvalue weighted by Gasteiger charge is -2.11. The van der Waals surface area contributed by atoms with E-state index in [0.717, 1.165) is 25.2 Å². The minimum Gasteiger partial charge on any atom is -0.399 e. The van der Waals surface area contributed by atoms with E-state index >= 15 is 0 Å². The number of carbonyl (C=O) groups is 1. The highest BCUT2D eigenvalue weighted by molar-refractivity contribution is 5.96. The van der Waals surface area contributed by atoms with Crippen molar-refractivity contribution in [2.75, 3.05) is 25.5 Å². The standard InChI is InChI=1S/C13H18N2O2/c1-9-2-3-11(14)6-12(9)13(16)15-7-10-4-5-17-8-10/h2-3,6,10H,4-5,7-8,14H2,1H3,(H,15,16). The Balaban J connectivity index is 1.96. The average Bonchev–Trinajstić information content (AvgIpc) is 2.82. The lowest BCUT2D eigenvalue weighted by Crippen LogP contribution is -2.30. The molecule has 3 N–H and O–H groups in total. The summed E-state index contributed by atoms with van der Waals surface area (Å²) in [5.74, 6) is 0.391. The average molecular weight is 234 g/mol. The molecule has 1 aliphatic heterocycles. The van der Waals surface area contributed by atoms with Crippen molar-refractivity contribution in [3.8, 4) is 0 Å². The Hall–Kier alpha value is -1.55. The van der Waals surface area contributed by atoms with Gasteiger partial charge in [0.15, 0.2) is 0 Å². The Morgan fingerprint density at radius 2 is 2.41 bits per heavy atom. The summed E-state index contributed by atoms with van der Waals surface area (Å²) in [7, 11) is 0. The van der Waals surface area contributed by atoms with E-state index in [1.807, 2.05) is 13.0 Å². The molecule has 0 bridgehead atoms. The van der Waals surface area contributed by atoms with Crippen LogP contribution in [0.15, 0.2) is 18.2 Å². The lowest BCUT2D eigenvalue weighted by molar-refractivity contribution is 0.0944. The number of aryl methyl sites for hydroxylation is 1. The first-order chi connectivity index (χ1) is 8.16. The maximum atomic E-state index is 12.0. The third-order valence-electron chi connectivity index (χ3n) is 3.08. The van der Waals surface area contributed by atoms with Crippen LogP contribution in [0.1, 0.15) is 22.3 Å². The molecule has 1 aromatic rings. The zero-order chi connectivity index (χ0) is 12.3. The van der Waals surface area contributed by atoms with E-state index in [-0.39, 0.29) is 5.91 Å². The van der Waals surface area contributed by atoms with Crippen molar-refractivity contribution < 1.29 is 9.53 Å². The second kappa shape index (κ2) is 5.19. The quantitative estimate of drug-likeness (QED) is 0.776. The molecule has 0 spiro atoms. The van der Waals surface area contributed by atoms with Gasteiger partial charge in [0.05, 0.1) is 6.61 Å². The van der Waals surface area contributed by atoms with Gasteiger partial charge in [0.2, 0.25) is 0 Å². The number of anilines is 1. The number of rotatable bonds is 3. The van der Waals surface area contributed by atoms with Crippen LogP contribution < -0.4 is 11.1 Å². The zero-order valence-corrected chi connectivity index (χ0v) is 10.0. The van der Waals surface area contributed by atoms with Crippen molar-refractivity contribution in [1.82, 2.24) is 5.32 Å². The second-order valence-electron chi connectivity index (χ2n) is 4.51. The van der Waals surface area contributed by atoms with Gasteiger partial charge in [-0.25, -0.2) is 0 Å². The van der Waals surface area contributed by atoms with Gasteiger partial charge in [0.25, 0.3) is 5.91 Å². The molecule has 1 fully saturated rings. The van der Waals surface area contributed by atoms with E-state index in [2.05, 4.69) is 5.32 Å². The lowest BCUT2D eigenvalue weighted by atomic mass is 10.1. The van der Waals surface area contributed by atoms with Crippen LogP contribution in [0.3, 0.4) is 0 Å². The number of amides is 1. The highest BCUT2D eigenvalue weighted by atomic mass is 16.5. The number of carbonyl (C=O) groups excluding carboxylic acids is 1. The molecule has 1 atom stereocenters. The molecule has 0 aliphatic carbocycles. The third-order valence-corrected chi connectivity index (χ3v) is 3.08. The summed E-state index contributed by atoms with van der Waals surface area (Å²) in [6, 6.07) is 5.38. The monoisotopic (exact) mass is 234 g/mol. The molecule has 1 aromatic carbocycles. The summed E-state index contributed by atoms with van der Waals surface area (Å²) in [5.41, 5.74) is 7.90. The van der Waals surface area contributed by atoms with Crippen LogP contribution in [0.5, 0.6) is 0 Å². The molecule has 4 heteroatoms. The van der Waals surface area contributed by atoms with Crippen molar-refractivity contribution in [2.45, 2.75) is 13.3 Å². The van der Waals surface area contributed by atoms with E-state index < -0.39 is 0 Å². The Morgan fingerprint density at radius 1 is 1.59 bits per heavy atom. The molecule has 2 rings (SSSR count). The summed E-state index contributed by atoms with van der Waals surface area (Å²) >= 11 is 0. The van der Waals surface area contributed by atoms with E-state index in [1.165, 1.54) is 0 Å². The maximum Gasteiger partial charge on any atom is 0.251 e. The first-order valence-electron chi connectivity index (χ1n) is 5.89. The van der Waals surface area contributed by atoms with Gasteiger partial charge in [-0.15, -0.1) is 0 Å². The van der Waals surface area contributed by atoms with Crippen LogP contribution in [-0.4, -0.2) is 25.7 Å². The maximum absolute atomic E-state index is 12.0. The van der Waals surface area contributed by atoms with Crippen molar-refractivity contribution in [3.05, 3.63) is 29.3 Å². The van der Waals surface area contributed by atoms with E-state index in [1.54, 1.807) is 12.1 Å². The van der Waals surface area contributed by atoms with Crippen molar-refractivity contribution in [2.24, 2.45) is 5.92 Å². The number of nitrogen functional groups attached to an aromatic ring is 1. The number of hydrogen-bond acceptors (Lipinski definition) is 3. The molecule has 1 unspecified atom stereocenters. The van der Waals surface area contributed by atoms with Gasteiger partial charge < -0.3 is 15.8 Å². The molecule has 1 heterocycles. The first-order valence-corrected chi connectivity index (χ1v) is 5.89. The molecule has 1 amide bonds. The highest BCUT2D eigenvalue weighted by Crippen LogP contribution is 2.14. The molecular weight excluding hydrogens is 216 g/mol. The molecule has 4 nitrogen and oxygen atoms in total. The van der Waals surface area contributed by atoms with Gasteiger partial charge in [-0.1, -0.05) is 6.07 Å². The summed E-state index contributed by atoms with van der Waals surface area (Å²) in [4.78, 5) is 12.0. The minimum absolute atomic E-state index is 0.0540. The Morgan fingerprint density at radius 3 is 3.12 bits per heavy atom. The smallest absolute Gasteiger partial charge is 0.251 e. The molecule has 0 radical (unpaired) electrons. The normalized spacial score (nSPS) is 19.2. The van der Waals surface area contributed by atoms with Crippen LogP contribution >= 0.6 is 0 Å². The fourth-order valence-electron chi connectivity index (χ4n) is 1.96. The van der Waals surface area contributed by atoms with Gasteiger partial charge in [-0.3, -0.25) is 4.79 Å². The van der Waals surface area contributed by atoms with E-state index in [9.17, 15) is 4.79 Å². The molecule has 92 valence electrons. The number of nitrogens with one attached hydrogen (secondary N) is 1.